The van der Waals surface area contributed by atoms with Crippen molar-refractivity contribution in [1.29, 1.82) is 0 Å². The van der Waals surface area contributed by atoms with Crippen molar-refractivity contribution in [2.45, 2.75) is 31.0 Å². The van der Waals surface area contributed by atoms with Gasteiger partial charge in [0.1, 0.15) is 34.9 Å². The highest BCUT2D eigenvalue weighted by atomic mass is 19.4. The molecule has 2 atom stereocenters. The van der Waals surface area contributed by atoms with Gasteiger partial charge < -0.3 is 20.9 Å². The Kier molecular flexibility index (Phi) is 6.69. The van der Waals surface area contributed by atoms with E-state index in [-0.39, 0.29) is 40.2 Å². The second-order valence-corrected chi connectivity index (χ2v) is 10.3. The first kappa shape index (κ1) is 28.0. The van der Waals surface area contributed by atoms with Gasteiger partial charge in [0.05, 0.1) is 23.3 Å². The van der Waals surface area contributed by atoms with Crippen LogP contribution >= 0.6 is 0 Å². The summed E-state index contributed by atoms with van der Waals surface area (Å²) in [5, 5.41) is 14.0. The SMILES string of the molecule is C[C@](O)(CNC(=O)c1cc(C(F)(F)F)c2ncccc2c1)c1cc2c(c(-c3ccc(F)cc3)n1)OC[C@]2(C)C(N)=O. The smallest absolute Gasteiger partial charge is 0.418 e. The molecule has 2 aromatic heterocycles. The number of aromatic nitrogens is 2. The monoisotopic (exact) mass is 568 g/mol. The van der Waals surface area contributed by atoms with Crippen LogP contribution in [0.4, 0.5) is 17.6 Å². The van der Waals surface area contributed by atoms with Crippen LogP contribution < -0.4 is 15.8 Å². The van der Waals surface area contributed by atoms with Crippen LogP contribution in [0, 0.1) is 5.82 Å². The van der Waals surface area contributed by atoms with Crippen LogP contribution in [0.5, 0.6) is 5.75 Å². The zero-order valence-corrected chi connectivity index (χ0v) is 21.8. The summed E-state index contributed by atoms with van der Waals surface area (Å²) in [4.78, 5) is 33.7. The Hall–Kier alpha value is -4.58. The number of nitrogens with zero attached hydrogens (tertiary/aromatic N) is 2. The molecule has 0 radical (unpaired) electrons. The average molecular weight is 569 g/mol. The summed E-state index contributed by atoms with van der Waals surface area (Å²) in [5.41, 5.74) is 1.90. The molecule has 2 amide bonds. The molecule has 0 saturated heterocycles. The number of fused-ring (bicyclic) bond motifs is 2. The molecule has 5 rings (SSSR count). The normalized spacial score (nSPS) is 17.9. The van der Waals surface area contributed by atoms with Gasteiger partial charge in [0.25, 0.3) is 5.91 Å². The third-order valence-corrected chi connectivity index (χ3v) is 7.15. The van der Waals surface area contributed by atoms with Crippen LogP contribution in [0.2, 0.25) is 0 Å². The van der Waals surface area contributed by atoms with E-state index in [1.807, 2.05) is 0 Å². The lowest BCUT2D eigenvalue weighted by Crippen LogP contribution is -2.41. The standard InChI is InChI=1S/C29H24F4N4O4/c1-27(26(34)39)14-41-24-20(27)12-21(37-23(24)15-5-7-18(30)8-6-15)28(2,40)13-36-25(38)17-10-16-4-3-9-35-22(16)19(11-17)29(31,32)33/h3-12,40H,13-14H2,1-2H3,(H2,34,39)(H,36,38)/t27-,28-/m0/s1. The second-order valence-electron chi connectivity index (χ2n) is 10.3. The van der Waals surface area contributed by atoms with Gasteiger partial charge in [0, 0.05) is 28.3 Å². The lowest BCUT2D eigenvalue weighted by molar-refractivity contribution is -0.136. The predicted molar refractivity (Wildman–Crippen MR) is 140 cm³/mol. The number of ether oxygens (including phenoxy) is 1. The summed E-state index contributed by atoms with van der Waals surface area (Å²) in [6, 6.07) is 11.6. The van der Waals surface area contributed by atoms with Crippen LogP contribution in [0.1, 0.15) is 41.0 Å². The zero-order valence-electron chi connectivity index (χ0n) is 21.8. The number of pyridine rings is 2. The lowest BCUT2D eigenvalue weighted by atomic mass is 9.82. The number of benzene rings is 2. The first-order valence-electron chi connectivity index (χ1n) is 12.4. The van der Waals surface area contributed by atoms with Crippen molar-refractivity contribution >= 4 is 22.7 Å². The van der Waals surface area contributed by atoms with Gasteiger partial charge in [0.2, 0.25) is 5.91 Å². The topological polar surface area (TPSA) is 127 Å². The molecule has 0 unspecified atom stereocenters. The predicted octanol–water partition coefficient (Wildman–Crippen LogP) is 4.23. The summed E-state index contributed by atoms with van der Waals surface area (Å²) < 4.78 is 60.5. The number of alkyl halides is 3. The van der Waals surface area contributed by atoms with Crippen LogP contribution in [0.3, 0.4) is 0 Å². The lowest BCUT2D eigenvalue weighted by Gasteiger charge is -2.26. The van der Waals surface area contributed by atoms with E-state index in [1.165, 1.54) is 61.7 Å². The van der Waals surface area contributed by atoms with E-state index < -0.39 is 46.9 Å². The maximum absolute atomic E-state index is 13.7. The number of carbonyl (C=O) groups is 2. The van der Waals surface area contributed by atoms with Crippen molar-refractivity contribution in [2.24, 2.45) is 5.73 Å². The minimum atomic E-state index is -4.76. The number of nitrogens with two attached hydrogens (primary N) is 1. The van der Waals surface area contributed by atoms with Gasteiger partial charge in [-0.2, -0.15) is 13.2 Å². The van der Waals surface area contributed by atoms with Gasteiger partial charge in [-0.1, -0.05) is 6.07 Å². The average Bonchev–Trinajstić information content (AvgIpc) is 3.28. The molecule has 4 N–H and O–H groups in total. The van der Waals surface area contributed by atoms with E-state index in [0.717, 1.165) is 0 Å². The molecule has 3 heterocycles. The fourth-order valence-electron chi connectivity index (χ4n) is 4.65. The summed E-state index contributed by atoms with van der Waals surface area (Å²) in [5.74, 6) is -1.80. The number of amides is 2. The molecule has 4 aromatic rings. The number of hydrogen-bond donors (Lipinski definition) is 3. The number of primary amides is 1. The highest BCUT2D eigenvalue weighted by molar-refractivity contribution is 5.99. The van der Waals surface area contributed by atoms with Crippen molar-refractivity contribution in [2.75, 3.05) is 13.2 Å². The Morgan fingerprint density at radius 1 is 1.15 bits per heavy atom. The molecule has 0 fully saturated rings. The van der Waals surface area contributed by atoms with E-state index in [9.17, 15) is 32.3 Å². The van der Waals surface area contributed by atoms with Gasteiger partial charge in [-0.15, -0.1) is 0 Å². The molecule has 212 valence electrons. The summed E-state index contributed by atoms with van der Waals surface area (Å²) in [6.07, 6.45) is -3.53. The number of aliphatic hydroxyl groups is 1. The largest absolute Gasteiger partial charge is 0.489 e. The number of nitrogens with one attached hydrogen (secondary N) is 1. The molecule has 12 heteroatoms. The first-order chi connectivity index (χ1) is 19.2. The first-order valence-corrected chi connectivity index (χ1v) is 12.4. The number of rotatable bonds is 6. The second kappa shape index (κ2) is 9.81. The molecule has 2 aromatic carbocycles. The van der Waals surface area contributed by atoms with Crippen LogP contribution in [0.15, 0.2) is 60.8 Å². The van der Waals surface area contributed by atoms with Crippen molar-refractivity contribution in [1.82, 2.24) is 15.3 Å². The molecular formula is C29H24F4N4O4. The Balaban J connectivity index is 1.50. The minimum Gasteiger partial charge on any atom is -0.489 e. The Morgan fingerprint density at radius 3 is 2.51 bits per heavy atom. The van der Waals surface area contributed by atoms with E-state index >= 15 is 0 Å². The quantitative estimate of drug-likeness (QED) is 0.299. The maximum atomic E-state index is 13.7. The molecule has 8 nitrogen and oxygen atoms in total. The number of carbonyl (C=O) groups excluding carboxylic acids is 2. The Bertz CT molecular complexity index is 1690. The number of hydrogen-bond acceptors (Lipinski definition) is 6. The Morgan fingerprint density at radius 2 is 1.85 bits per heavy atom. The van der Waals surface area contributed by atoms with Gasteiger partial charge >= 0.3 is 6.18 Å². The molecule has 0 saturated carbocycles. The third kappa shape index (κ3) is 5.06. The van der Waals surface area contributed by atoms with Gasteiger partial charge in [-0.25, -0.2) is 9.37 Å². The summed E-state index contributed by atoms with van der Waals surface area (Å²) in [7, 11) is 0. The molecule has 0 bridgehead atoms. The van der Waals surface area contributed by atoms with Gasteiger partial charge in [-0.05, 0) is 62.4 Å². The van der Waals surface area contributed by atoms with E-state index in [2.05, 4.69) is 15.3 Å². The summed E-state index contributed by atoms with van der Waals surface area (Å²) in [6.45, 7) is 2.37. The van der Waals surface area contributed by atoms with Crippen molar-refractivity contribution < 1.29 is 37.0 Å². The van der Waals surface area contributed by atoms with Crippen molar-refractivity contribution in [3.05, 3.63) is 89.0 Å². The van der Waals surface area contributed by atoms with Gasteiger partial charge in [-0.3, -0.25) is 14.6 Å². The molecule has 41 heavy (non-hydrogen) atoms. The highest BCUT2D eigenvalue weighted by Gasteiger charge is 2.45. The third-order valence-electron chi connectivity index (χ3n) is 7.15. The van der Waals surface area contributed by atoms with Crippen molar-refractivity contribution in [3.63, 3.8) is 0 Å². The van der Waals surface area contributed by atoms with Crippen LogP contribution in [-0.2, 0) is 22.0 Å². The maximum Gasteiger partial charge on any atom is 0.418 e. The van der Waals surface area contributed by atoms with E-state index in [4.69, 9.17) is 10.5 Å². The fourth-order valence-corrected chi connectivity index (χ4v) is 4.65. The molecule has 1 aliphatic rings. The van der Waals surface area contributed by atoms with Crippen molar-refractivity contribution in [3.8, 4) is 17.0 Å². The van der Waals surface area contributed by atoms with Crippen LogP contribution in [0.25, 0.3) is 22.2 Å². The molecule has 0 aliphatic carbocycles. The van der Waals surface area contributed by atoms with Gasteiger partial charge in [0.15, 0.2) is 0 Å². The molecule has 0 spiro atoms. The highest BCUT2D eigenvalue weighted by Crippen LogP contribution is 2.45. The summed E-state index contributed by atoms with van der Waals surface area (Å²) >= 11 is 0. The van der Waals surface area contributed by atoms with E-state index in [1.54, 1.807) is 6.92 Å². The molecule has 1 aliphatic heterocycles. The van der Waals surface area contributed by atoms with E-state index in [0.29, 0.717) is 17.2 Å². The zero-order chi connectivity index (χ0) is 29.7. The fraction of sp³-hybridized carbons (Fsp3) is 0.241. The Labute approximate surface area is 231 Å². The molecular weight excluding hydrogens is 544 g/mol. The van der Waals surface area contributed by atoms with Crippen LogP contribution in [-0.4, -0.2) is 40.0 Å². The minimum absolute atomic E-state index is 0.0209. The number of halogens is 4.